The second kappa shape index (κ2) is 3.89. The summed E-state index contributed by atoms with van der Waals surface area (Å²) in [6.45, 7) is 0. The van der Waals surface area contributed by atoms with E-state index >= 15 is 0 Å². The van der Waals surface area contributed by atoms with Crippen LogP contribution >= 0.6 is 15.9 Å². The first-order chi connectivity index (χ1) is 5.34. The van der Waals surface area contributed by atoms with Crippen molar-refractivity contribution in [2.75, 3.05) is 0 Å². The summed E-state index contributed by atoms with van der Waals surface area (Å²) in [4.78, 5) is 13.8. The SMILES string of the molecule is O=CC#Cc1cccnc1Br. The molecular weight excluding hydrogens is 206 g/mol. The molecule has 0 saturated carbocycles. The summed E-state index contributed by atoms with van der Waals surface area (Å²) < 4.78 is 0.661. The van der Waals surface area contributed by atoms with Crippen molar-refractivity contribution >= 4 is 22.2 Å². The molecule has 0 N–H and O–H groups in total. The van der Waals surface area contributed by atoms with Crippen LogP contribution in [-0.4, -0.2) is 11.3 Å². The van der Waals surface area contributed by atoms with E-state index < -0.39 is 0 Å². The minimum atomic E-state index is 0.555. The zero-order valence-corrected chi connectivity index (χ0v) is 7.13. The Morgan fingerprint density at radius 3 is 3.09 bits per heavy atom. The number of pyridine rings is 1. The van der Waals surface area contributed by atoms with Gasteiger partial charge in [0.2, 0.25) is 0 Å². The van der Waals surface area contributed by atoms with E-state index in [9.17, 15) is 4.79 Å². The van der Waals surface area contributed by atoms with Gasteiger partial charge in [-0.15, -0.1) is 0 Å². The molecule has 1 heterocycles. The van der Waals surface area contributed by atoms with Crippen molar-refractivity contribution < 1.29 is 4.79 Å². The van der Waals surface area contributed by atoms with Gasteiger partial charge in [0.1, 0.15) is 4.60 Å². The summed E-state index contributed by atoms with van der Waals surface area (Å²) >= 11 is 3.20. The van der Waals surface area contributed by atoms with Crippen LogP contribution in [0.5, 0.6) is 0 Å². The molecule has 0 saturated heterocycles. The molecule has 0 aliphatic carbocycles. The van der Waals surface area contributed by atoms with Gasteiger partial charge in [0.15, 0.2) is 6.29 Å². The molecule has 1 aromatic rings. The lowest BCUT2D eigenvalue weighted by atomic mass is 10.3. The van der Waals surface area contributed by atoms with Gasteiger partial charge < -0.3 is 0 Å². The van der Waals surface area contributed by atoms with Gasteiger partial charge >= 0.3 is 0 Å². The van der Waals surface area contributed by atoms with Crippen molar-refractivity contribution in [3.63, 3.8) is 0 Å². The van der Waals surface area contributed by atoms with Crippen LogP contribution in [0.3, 0.4) is 0 Å². The number of rotatable bonds is 0. The minimum absolute atomic E-state index is 0.555. The Kier molecular flexibility index (Phi) is 2.82. The molecule has 1 rings (SSSR count). The topological polar surface area (TPSA) is 30.0 Å². The quantitative estimate of drug-likeness (QED) is 0.368. The highest BCUT2D eigenvalue weighted by Gasteiger charge is 1.92. The first-order valence-electron chi connectivity index (χ1n) is 2.90. The standard InChI is InChI=1S/C8H4BrNO/c9-8-7(4-2-6-11)3-1-5-10-8/h1,3,5-6H. The molecule has 0 atom stereocenters. The Hall–Kier alpha value is -1.14. The van der Waals surface area contributed by atoms with Gasteiger partial charge in [-0.05, 0) is 34.0 Å². The van der Waals surface area contributed by atoms with Crippen LogP contribution in [-0.2, 0) is 4.79 Å². The maximum absolute atomic E-state index is 9.88. The number of carbonyl (C=O) groups excluding carboxylic acids is 1. The molecule has 1 aromatic heterocycles. The molecule has 0 unspecified atom stereocenters. The summed E-state index contributed by atoms with van der Waals surface area (Å²) in [5.74, 6) is 4.94. The van der Waals surface area contributed by atoms with E-state index in [1.54, 1.807) is 18.3 Å². The third-order valence-electron chi connectivity index (χ3n) is 1.02. The Morgan fingerprint density at radius 2 is 2.45 bits per heavy atom. The van der Waals surface area contributed by atoms with Crippen molar-refractivity contribution in [1.29, 1.82) is 0 Å². The molecule has 54 valence electrons. The lowest BCUT2D eigenvalue weighted by Crippen LogP contribution is -1.80. The second-order valence-electron chi connectivity index (χ2n) is 1.73. The Morgan fingerprint density at radius 1 is 1.64 bits per heavy atom. The highest BCUT2D eigenvalue weighted by Crippen LogP contribution is 2.09. The van der Waals surface area contributed by atoms with Crippen LogP contribution in [0.15, 0.2) is 22.9 Å². The van der Waals surface area contributed by atoms with Crippen LogP contribution in [0.1, 0.15) is 5.56 Å². The maximum atomic E-state index is 9.88. The van der Waals surface area contributed by atoms with Crippen molar-refractivity contribution in [1.82, 2.24) is 4.98 Å². The van der Waals surface area contributed by atoms with Gasteiger partial charge in [0, 0.05) is 6.20 Å². The van der Waals surface area contributed by atoms with Crippen molar-refractivity contribution in [2.45, 2.75) is 0 Å². The number of halogens is 1. The van der Waals surface area contributed by atoms with Gasteiger partial charge in [-0.2, -0.15) is 0 Å². The molecule has 0 spiro atoms. The molecule has 0 aliphatic heterocycles. The fraction of sp³-hybridized carbons (Fsp3) is 0. The molecule has 11 heavy (non-hydrogen) atoms. The molecule has 0 bridgehead atoms. The Bertz CT molecular complexity index is 324. The molecule has 2 nitrogen and oxygen atoms in total. The third kappa shape index (κ3) is 2.17. The van der Waals surface area contributed by atoms with E-state index in [0.29, 0.717) is 10.9 Å². The van der Waals surface area contributed by atoms with Crippen molar-refractivity contribution in [3.05, 3.63) is 28.5 Å². The summed E-state index contributed by atoms with van der Waals surface area (Å²) in [5, 5.41) is 0. The van der Waals surface area contributed by atoms with Gasteiger partial charge in [0.25, 0.3) is 0 Å². The average molecular weight is 210 g/mol. The van der Waals surface area contributed by atoms with Gasteiger partial charge in [-0.3, -0.25) is 4.79 Å². The van der Waals surface area contributed by atoms with Crippen molar-refractivity contribution in [3.8, 4) is 11.8 Å². The number of hydrogen-bond acceptors (Lipinski definition) is 2. The van der Waals surface area contributed by atoms with E-state index in [2.05, 4.69) is 32.8 Å². The Balaban J connectivity index is 3.03. The van der Waals surface area contributed by atoms with E-state index in [4.69, 9.17) is 0 Å². The summed E-state index contributed by atoms with van der Waals surface area (Å²) in [6.07, 6.45) is 2.20. The first-order valence-corrected chi connectivity index (χ1v) is 3.69. The number of carbonyl (C=O) groups is 1. The molecule has 0 radical (unpaired) electrons. The van der Waals surface area contributed by atoms with Gasteiger partial charge in [-0.25, -0.2) is 4.98 Å². The molecular formula is C8H4BrNO. The van der Waals surface area contributed by atoms with Crippen LogP contribution < -0.4 is 0 Å². The van der Waals surface area contributed by atoms with Crippen LogP contribution in [0.2, 0.25) is 0 Å². The van der Waals surface area contributed by atoms with Crippen molar-refractivity contribution in [2.24, 2.45) is 0 Å². The molecule has 0 aromatic carbocycles. The smallest absolute Gasteiger partial charge is 0.193 e. The van der Waals surface area contributed by atoms with Crippen LogP contribution in [0.25, 0.3) is 0 Å². The third-order valence-corrected chi connectivity index (χ3v) is 1.66. The normalized spacial score (nSPS) is 8.09. The average Bonchev–Trinajstić information content (AvgIpc) is 2.03. The number of aromatic nitrogens is 1. The zero-order valence-electron chi connectivity index (χ0n) is 5.54. The Labute approximate surface area is 72.8 Å². The van der Waals surface area contributed by atoms with Gasteiger partial charge in [0.05, 0.1) is 5.56 Å². The fourth-order valence-corrected chi connectivity index (χ4v) is 0.936. The van der Waals surface area contributed by atoms with E-state index in [1.165, 1.54) is 0 Å². The predicted molar refractivity (Wildman–Crippen MR) is 44.9 cm³/mol. The zero-order chi connectivity index (χ0) is 8.10. The van der Waals surface area contributed by atoms with E-state index in [-0.39, 0.29) is 0 Å². The van der Waals surface area contributed by atoms with Crippen LogP contribution in [0, 0.1) is 11.8 Å². The lowest BCUT2D eigenvalue weighted by Gasteiger charge is -1.90. The number of aldehydes is 1. The highest BCUT2D eigenvalue weighted by molar-refractivity contribution is 9.10. The lowest BCUT2D eigenvalue weighted by molar-refractivity contribution is -0.103. The fourth-order valence-electron chi connectivity index (χ4n) is 0.586. The monoisotopic (exact) mass is 209 g/mol. The first kappa shape index (κ1) is 7.96. The maximum Gasteiger partial charge on any atom is 0.193 e. The highest BCUT2D eigenvalue weighted by atomic mass is 79.9. The summed E-state index contributed by atoms with van der Waals surface area (Å²) in [7, 11) is 0. The molecule has 0 fully saturated rings. The molecule has 0 aliphatic rings. The second-order valence-corrected chi connectivity index (χ2v) is 2.48. The minimum Gasteiger partial charge on any atom is -0.289 e. The number of nitrogens with zero attached hydrogens (tertiary/aromatic N) is 1. The van der Waals surface area contributed by atoms with Gasteiger partial charge in [-0.1, -0.05) is 5.92 Å². The summed E-state index contributed by atoms with van der Waals surface area (Å²) in [6, 6.07) is 3.55. The molecule has 0 amide bonds. The van der Waals surface area contributed by atoms with E-state index in [1.807, 2.05) is 0 Å². The summed E-state index contributed by atoms with van der Waals surface area (Å²) in [5.41, 5.74) is 0.722. The largest absolute Gasteiger partial charge is 0.289 e. The predicted octanol–water partition coefficient (Wildman–Crippen LogP) is 1.39. The molecule has 3 heteroatoms. The van der Waals surface area contributed by atoms with Crippen LogP contribution in [0.4, 0.5) is 0 Å². The number of hydrogen-bond donors (Lipinski definition) is 0. The van der Waals surface area contributed by atoms with E-state index in [0.717, 1.165) is 5.56 Å².